The van der Waals surface area contributed by atoms with Crippen LogP contribution >= 0.6 is 11.3 Å². The number of H-pyrrole nitrogens is 1. The predicted molar refractivity (Wildman–Crippen MR) is 132 cm³/mol. The summed E-state index contributed by atoms with van der Waals surface area (Å²) in [7, 11) is 0. The minimum atomic E-state index is -0.123. The summed E-state index contributed by atoms with van der Waals surface area (Å²) in [5, 5.41) is 4.96. The van der Waals surface area contributed by atoms with Gasteiger partial charge in [-0.3, -0.25) is 14.5 Å². The minimum Gasteiger partial charge on any atom is -0.348 e. The van der Waals surface area contributed by atoms with Gasteiger partial charge in [0.25, 0.3) is 11.5 Å². The molecule has 1 aliphatic carbocycles. The fourth-order valence-corrected chi connectivity index (χ4v) is 6.92. The molecule has 32 heavy (non-hydrogen) atoms. The average Bonchev–Trinajstić information content (AvgIpc) is 3.11. The van der Waals surface area contributed by atoms with E-state index in [1.807, 2.05) is 25.3 Å². The van der Waals surface area contributed by atoms with Gasteiger partial charge in [-0.1, -0.05) is 13.8 Å². The van der Waals surface area contributed by atoms with E-state index in [2.05, 4.69) is 36.0 Å². The Kier molecular flexibility index (Phi) is 6.91. The zero-order chi connectivity index (χ0) is 23.0. The first-order chi connectivity index (χ1) is 15.2. The van der Waals surface area contributed by atoms with Gasteiger partial charge in [-0.05, 0) is 81.4 Å². The second-order valence-electron chi connectivity index (χ2n) is 10.2. The highest BCUT2D eigenvalue weighted by Crippen LogP contribution is 2.41. The van der Waals surface area contributed by atoms with Crippen LogP contribution in [0, 0.1) is 32.6 Å². The van der Waals surface area contributed by atoms with Crippen molar-refractivity contribution < 1.29 is 4.79 Å². The van der Waals surface area contributed by atoms with E-state index in [0.29, 0.717) is 17.4 Å². The lowest BCUT2D eigenvalue weighted by atomic mass is 9.76. The molecule has 4 rings (SSSR count). The molecule has 1 saturated heterocycles. The van der Waals surface area contributed by atoms with Crippen molar-refractivity contribution in [2.45, 2.75) is 78.8 Å². The fraction of sp³-hybridized carbons (Fsp3) is 0.615. The molecule has 1 amide bonds. The molecule has 0 radical (unpaired) electrons. The number of hydrogen-bond acceptors (Lipinski definition) is 4. The maximum Gasteiger partial charge on any atom is 0.253 e. The van der Waals surface area contributed by atoms with Gasteiger partial charge in [0, 0.05) is 47.2 Å². The number of carbonyl (C=O) groups is 1. The van der Waals surface area contributed by atoms with Crippen molar-refractivity contribution in [3.63, 3.8) is 0 Å². The fourth-order valence-electron chi connectivity index (χ4n) is 5.70. The number of rotatable bonds is 6. The van der Waals surface area contributed by atoms with Crippen molar-refractivity contribution in [3.8, 4) is 0 Å². The van der Waals surface area contributed by atoms with Gasteiger partial charge in [0.1, 0.15) is 0 Å². The second kappa shape index (κ2) is 9.52. The van der Waals surface area contributed by atoms with Crippen molar-refractivity contribution >= 4 is 17.2 Å². The summed E-state index contributed by atoms with van der Waals surface area (Å²) >= 11 is 1.72. The quantitative estimate of drug-likeness (QED) is 0.651. The van der Waals surface area contributed by atoms with E-state index in [4.69, 9.17) is 0 Å². The van der Waals surface area contributed by atoms with Crippen LogP contribution in [0.5, 0.6) is 0 Å². The van der Waals surface area contributed by atoms with Gasteiger partial charge >= 0.3 is 0 Å². The van der Waals surface area contributed by atoms with E-state index in [9.17, 15) is 9.59 Å². The van der Waals surface area contributed by atoms with Crippen molar-refractivity contribution in [2.24, 2.45) is 11.8 Å². The van der Waals surface area contributed by atoms with Crippen LogP contribution in [0.4, 0.5) is 0 Å². The molecule has 0 bridgehead atoms. The monoisotopic (exact) mass is 455 g/mol. The Balaban J connectivity index is 1.36. The van der Waals surface area contributed by atoms with E-state index < -0.39 is 0 Å². The Bertz CT molecular complexity index is 1030. The number of pyridine rings is 1. The van der Waals surface area contributed by atoms with Crippen LogP contribution < -0.4 is 10.9 Å². The van der Waals surface area contributed by atoms with Crippen molar-refractivity contribution in [3.05, 3.63) is 54.6 Å². The number of nitrogens with zero attached hydrogens (tertiary/aromatic N) is 1. The molecule has 1 aliphatic heterocycles. The zero-order valence-corrected chi connectivity index (χ0v) is 20.9. The molecule has 6 heteroatoms. The number of amides is 1. The molecule has 1 saturated carbocycles. The van der Waals surface area contributed by atoms with Gasteiger partial charge in [-0.25, -0.2) is 0 Å². The number of carbonyl (C=O) groups excluding carboxylic acids is 1. The largest absolute Gasteiger partial charge is 0.348 e. The Hall–Kier alpha value is -1.92. The molecule has 3 heterocycles. The summed E-state index contributed by atoms with van der Waals surface area (Å²) in [4.78, 5) is 32.0. The molecular formula is C26H37N3O2S. The standard InChI is InChI=1S/C26H37N3O2S/c1-15-12-29(13-15)21-8-6-20(7-9-21)18(4)24-19(5)23(14-32-24)25(30)27-11-22-16(2)10-17(3)28-26(22)31/h10,14-15,18,20-21H,6-9,11-13H2,1-5H3,(H,27,30)(H,28,31)/t18-,20?,21?/m0/s1. The molecule has 5 nitrogen and oxygen atoms in total. The molecular weight excluding hydrogens is 418 g/mol. The highest BCUT2D eigenvalue weighted by atomic mass is 32.1. The smallest absolute Gasteiger partial charge is 0.253 e. The average molecular weight is 456 g/mol. The molecule has 2 N–H and O–H groups in total. The predicted octanol–water partition coefficient (Wildman–Crippen LogP) is 4.91. The summed E-state index contributed by atoms with van der Waals surface area (Å²) in [5.74, 6) is 1.97. The van der Waals surface area contributed by atoms with Crippen LogP contribution in [0.15, 0.2) is 16.2 Å². The van der Waals surface area contributed by atoms with Gasteiger partial charge in [-0.15, -0.1) is 11.3 Å². The Morgan fingerprint density at radius 3 is 2.53 bits per heavy atom. The molecule has 0 unspecified atom stereocenters. The SMILES string of the molecule is Cc1cc(C)c(CNC(=O)c2csc([C@@H](C)C3CCC(N4CC(C)C4)CC3)c2C)c(=O)[nH]1. The van der Waals surface area contributed by atoms with Crippen LogP contribution in [0.2, 0.25) is 0 Å². The molecule has 1 atom stereocenters. The summed E-state index contributed by atoms with van der Waals surface area (Å²) in [5.41, 5.74) is 4.10. The van der Waals surface area contributed by atoms with Crippen LogP contribution in [-0.2, 0) is 6.54 Å². The van der Waals surface area contributed by atoms with E-state index in [0.717, 1.165) is 34.3 Å². The van der Waals surface area contributed by atoms with Gasteiger partial charge in [0.15, 0.2) is 0 Å². The number of aromatic amines is 1. The van der Waals surface area contributed by atoms with Gasteiger partial charge < -0.3 is 10.3 Å². The van der Waals surface area contributed by atoms with Crippen LogP contribution in [-0.4, -0.2) is 34.9 Å². The molecule has 0 aromatic carbocycles. The van der Waals surface area contributed by atoms with Crippen molar-refractivity contribution in [1.29, 1.82) is 0 Å². The first kappa shape index (κ1) is 23.2. The van der Waals surface area contributed by atoms with Crippen molar-refractivity contribution in [1.82, 2.24) is 15.2 Å². The van der Waals surface area contributed by atoms with Crippen LogP contribution in [0.25, 0.3) is 0 Å². The second-order valence-corrected chi connectivity index (χ2v) is 11.1. The summed E-state index contributed by atoms with van der Waals surface area (Å²) in [6.45, 7) is 13.4. The molecule has 2 aromatic heterocycles. The zero-order valence-electron chi connectivity index (χ0n) is 20.1. The van der Waals surface area contributed by atoms with Crippen LogP contribution in [0.3, 0.4) is 0 Å². The molecule has 174 valence electrons. The molecule has 2 aliphatic rings. The number of likely N-dealkylation sites (tertiary alicyclic amines) is 1. The lowest BCUT2D eigenvalue weighted by Gasteiger charge is -2.46. The highest BCUT2D eigenvalue weighted by Gasteiger charge is 2.34. The topological polar surface area (TPSA) is 65.2 Å². The number of hydrogen-bond donors (Lipinski definition) is 2. The molecule has 0 spiro atoms. The highest BCUT2D eigenvalue weighted by molar-refractivity contribution is 7.10. The third-order valence-corrected chi connectivity index (χ3v) is 9.00. The first-order valence-corrected chi connectivity index (χ1v) is 12.9. The van der Waals surface area contributed by atoms with E-state index in [-0.39, 0.29) is 18.0 Å². The third-order valence-electron chi connectivity index (χ3n) is 7.71. The lowest BCUT2D eigenvalue weighted by Crippen LogP contribution is -2.52. The lowest BCUT2D eigenvalue weighted by molar-refractivity contribution is 0.0339. The van der Waals surface area contributed by atoms with Crippen LogP contribution in [0.1, 0.15) is 83.1 Å². The summed E-state index contributed by atoms with van der Waals surface area (Å²) in [6, 6.07) is 2.73. The number of nitrogens with one attached hydrogen (secondary N) is 2. The third kappa shape index (κ3) is 4.72. The number of aryl methyl sites for hydroxylation is 2. The molecule has 2 fully saturated rings. The normalized spacial score (nSPS) is 23.0. The number of thiophene rings is 1. The molecule has 2 aromatic rings. The van der Waals surface area contributed by atoms with Gasteiger partial charge in [0.2, 0.25) is 0 Å². The summed E-state index contributed by atoms with van der Waals surface area (Å²) < 4.78 is 0. The van der Waals surface area contributed by atoms with Gasteiger partial charge in [-0.2, -0.15) is 0 Å². The summed E-state index contributed by atoms with van der Waals surface area (Å²) in [6.07, 6.45) is 5.18. The van der Waals surface area contributed by atoms with E-state index >= 15 is 0 Å². The maximum atomic E-state index is 12.9. The first-order valence-electron chi connectivity index (χ1n) is 12.0. The van der Waals surface area contributed by atoms with Crippen molar-refractivity contribution in [2.75, 3.05) is 13.1 Å². The minimum absolute atomic E-state index is 0.0906. The Morgan fingerprint density at radius 2 is 1.91 bits per heavy atom. The Labute approximate surface area is 195 Å². The Morgan fingerprint density at radius 1 is 1.22 bits per heavy atom. The van der Waals surface area contributed by atoms with E-state index in [1.54, 1.807) is 11.3 Å². The van der Waals surface area contributed by atoms with Gasteiger partial charge in [0.05, 0.1) is 5.56 Å². The van der Waals surface area contributed by atoms with E-state index in [1.165, 1.54) is 43.6 Å². The maximum absolute atomic E-state index is 12.9. The number of aromatic nitrogens is 1.